The number of rotatable bonds is 3. The molecule has 0 aliphatic heterocycles. The molecule has 0 fully saturated rings. The summed E-state index contributed by atoms with van der Waals surface area (Å²) in [5.74, 6) is 0. The molecule has 0 aliphatic rings. The van der Waals surface area contributed by atoms with Crippen LogP contribution in [0.2, 0.25) is 5.02 Å². The van der Waals surface area contributed by atoms with Crippen molar-refractivity contribution in [3.63, 3.8) is 0 Å². The average molecular weight is 247 g/mol. The molecule has 3 heteroatoms. The molecule has 3 N–H and O–H groups in total. The van der Waals surface area contributed by atoms with Crippen LogP contribution >= 0.6 is 11.6 Å². The van der Waals surface area contributed by atoms with Gasteiger partial charge in [0.25, 0.3) is 0 Å². The Hall–Kier alpha value is -1.67. The summed E-state index contributed by atoms with van der Waals surface area (Å²) in [6.45, 7) is 2.80. The van der Waals surface area contributed by atoms with Crippen molar-refractivity contribution in [1.29, 1.82) is 0 Å². The van der Waals surface area contributed by atoms with E-state index < -0.39 is 0 Å². The van der Waals surface area contributed by atoms with Crippen molar-refractivity contribution in [2.24, 2.45) is 0 Å². The quantitative estimate of drug-likeness (QED) is 0.808. The molecule has 0 radical (unpaired) electrons. The zero-order valence-electron chi connectivity index (χ0n) is 9.70. The zero-order valence-corrected chi connectivity index (χ0v) is 10.5. The van der Waals surface area contributed by atoms with Crippen LogP contribution in [-0.4, -0.2) is 0 Å². The Bertz CT molecular complexity index is 523. The maximum absolute atomic E-state index is 5.94. The van der Waals surface area contributed by atoms with E-state index in [0.717, 1.165) is 28.5 Å². The van der Waals surface area contributed by atoms with Crippen molar-refractivity contribution < 1.29 is 0 Å². The minimum absolute atomic E-state index is 0.741. The van der Waals surface area contributed by atoms with E-state index in [1.54, 1.807) is 0 Å². The number of hydrogen-bond acceptors (Lipinski definition) is 2. The van der Waals surface area contributed by atoms with E-state index in [1.807, 2.05) is 42.5 Å². The number of benzene rings is 2. The second-order valence-electron chi connectivity index (χ2n) is 4.06. The van der Waals surface area contributed by atoms with E-state index in [0.29, 0.717) is 0 Å². The molecule has 0 amide bonds. The van der Waals surface area contributed by atoms with Gasteiger partial charge in [-0.05, 0) is 42.3 Å². The number of halogens is 1. The Labute approximate surface area is 106 Å². The first-order chi connectivity index (χ1) is 8.15. The number of hydrogen-bond donors (Lipinski definition) is 2. The number of nitrogen functional groups attached to an aromatic ring is 1. The van der Waals surface area contributed by atoms with Crippen molar-refractivity contribution in [2.75, 3.05) is 11.1 Å². The molecule has 0 bridgehead atoms. The van der Waals surface area contributed by atoms with Crippen LogP contribution in [0.25, 0.3) is 0 Å². The number of nitrogens with one attached hydrogen (secondary N) is 1. The van der Waals surface area contributed by atoms with Gasteiger partial charge in [0.05, 0.1) is 0 Å². The van der Waals surface area contributed by atoms with E-state index in [1.165, 1.54) is 5.56 Å². The molecular formula is C14H15ClN2. The standard InChI is InChI=1S/C14H15ClN2/c1-10-5-6-13(16)8-14(10)17-9-11-3-2-4-12(15)7-11/h2-8,17H,9,16H2,1H3. The highest BCUT2D eigenvalue weighted by atomic mass is 35.5. The van der Waals surface area contributed by atoms with Crippen LogP contribution < -0.4 is 11.1 Å². The highest BCUT2D eigenvalue weighted by molar-refractivity contribution is 6.30. The van der Waals surface area contributed by atoms with Gasteiger partial charge in [0.2, 0.25) is 0 Å². The molecule has 2 aromatic carbocycles. The Kier molecular flexibility index (Phi) is 3.55. The second kappa shape index (κ2) is 5.11. The first-order valence-electron chi connectivity index (χ1n) is 5.49. The van der Waals surface area contributed by atoms with Crippen molar-refractivity contribution in [3.8, 4) is 0 Å². The molecule has 0 saturated heterocycles. The fourth-order valence-corrected chi connectivity index (χ4v) is 1.89. The van der Waals surface area contributed by atoms with Crippen molar-refractivity contribution >= 4 is 23.0 Å². The summed E-state index contributed by atoms with van der Waals surface area (Å²) in [7, 11) is 0. The van der Waals surface area contributed by atoms with Crippen LogP contribution in [0.5, 0.6) is 0 Å². The lowest BCUT2D eigenvalue weighted by Gasteiger charge is -2.10. The smallest absolute Gasteiger partial charge is 0.0409 e. The van der Waals surface area contributed by atoms with Gasteiger partial charge in [0, 0.05) is 22.9 Å². The van der Waals surface area contributed by atoms with Gasteiger partial charge in [-0.2, -0.15) is 0 Å². The Morgan fingerprint density at radius 3 is 2.76 bits per heavy atom. The molecule has 0 saturated carbocycles. The normalized spacial score (nSPS) is 10.2. The van der Waals surface area contributed by atoms with Gasteiger partial charge in [-0.25, -0.2) is 0 Å². The summed E-state index contributed by atoms with van der Waals surface area (Å²) in [5, 5.41) is 4.12. The van der Waals surface area contributed by atoms with Crippen LogP contribution in [0.15, 0.2) is 42.5 Å². The lowest BCUT2D eigenvalue weighted by Crippen LogP contribution is -2.01. The molecule has 17 heavy (non-hydrogen) atoms. The average Bonchev–Trinajstić information content (AvgIpc) is 2.30. The number of anilines is 2. The monoisotopic (exact) mass is 246 g/mol. The Morgan fingerprint density at radius 1 is 1.18 bits per heavy atom. The molecule has 0 unspecified atom stereocenters. The van der Waals surface area contributed by atoms with Gasteiger partial charge in [-0.15, -0.1) is 0 Å². The maximum atomic E-state index is 5.94. The van der Waals surface area contributed by atoms with E-state index in [9.17, 15) is 0 Å². The predicted molar refractivity (Wildman–Crippen MR) is 74.4 cm³/mol. The number of aryl methyl sites for hydroxylation is 1. The second-order valence-corrected chi connectivity index (χ2v) is 4.49. The highest BCUT2D eigenvalue weighted by Gasteiger charge is 1.99. The first-order valence-corrected chi connectivity index (χ1v) is 5.87. The lowest BCUT2D eigenvalue weighted by atomic mass is 10.1. The van der Waals surface area contributed by atoms with Gasteiger partial charge in [-0.3, -0.25) is 0 Å². The zero-order chi connectivity index (χ0) is 12.3. The Morgan fingerprint density at radius 2 is 2.00 bits per heavy atom. The third-order valence-electron chi connectivity index (χ3n) is 2.63. The van der Waals surface area contributed by atoms with E-state index in [4.69, 9.17) is 17.3 Å². The summed E-state index contributed by atoms with van der Waals surface area (Å²) in [4.78, 5) is 0. The van der Waals surface area contributed by atoms with Crippen LogP contribution in [0.1, 0.15) is 11.1 Å². The molecule has 2 aromatic rings. The van der Waals surface area contributed by atoms with Gasteiger partial charge in [-0.1, -0.05) is 29.8 Å². The van der Waals surface area contributed by atoms with E-state index in [2.05, 4.69) is 12.2 Å². The fraction of sp³-hybridized carbons (Fsp3) is 0.143. The van der Waals surface area contributed by atoms with Crippen LogP contribution in [-0.2, 0) is 6.54 Å². The Balaban J connectivity index is 2.09. The van der Waals surface area contributed by atoms with Gasteiger partial charge in [0.15, 0.2) is 0 Å². The fourth-order valence-electron chi connectivity index (χ4n) is 1.67. The SMILES string of the molecule is Cc1ccc(N)cc1NCc1cccc(Cl)c1. The lowest BCUT2D eigenvalue weighted by molar-refractivity contribution is 1.14. The topological polar surface area (TPSA) is 38.0 Å². The largest absolute Gasteiger partial charge is 0.399 e. The minimum atomic E-state index is 0.741. The molecule has 0 heterocycles. The number of nitrogens with two attached hydrogens (primary N) is 1. The molecule has 0 aliphatic carbocycles. The minimum Gasteiger partial charge on any atom is -0.399 e. The summed E-state index contributed by atoms with van der Waals surface area (Å²) >= 11 is 5.94. The van der Waals surface area contributed by atoms with Crippen molar-refractivity contribution in [2.45, 2.75) is 13.5 Å². The summed E-state index contributed by atoms with van der Waals surface area (Å²) in [5.41, 5.74) is 9.92. The van der Waals surface area contributed by atoms with Crippen LogP contribution in [0.3, 0.4) is 0 Å². The van der Waals surface area contributed by atoms with Gasteiger partial charge >= 0.3 is 0 Å². The van der Waals surface area contributed by atoms with Gasteiger partial charge < -0.3 is 11.1 Å². The predicted octanol–water partition coefficient (Wildman–Crippen LogP) is 3.84. The summed E-state index contributed by atoms with van der Waals surface area (Å²) in [6, 6.07) is 13.7. The highest BCUT2D eigenvalue weighted by Crippen LogP contribution is 2.19. The molecule has 0 aromatic heterocycles. The molecule has 0 spiro atoms. The molecule has 2 nitrogen and oxygen atoms in total. The summed E-state index contributed by atoms with van der Waals surface area (Å²) in [6.07, 6.45) is 0. The molecular weight excluding hydrogens is 232 g/mol. The molecule has 88 valence electrons. The van der Waals surface area contributed by atoms with Crippen LogP contribution in [0.4, 0.5) is 11.4 Å². The van der Waals surface area contributed by atoms with Crippen LogP contribution in [0, 0.1) is 6.92 Å². The third kappa shape index (κ3) is 3.14. The van der Waals surface area contributed by atoms with Crippen molar-refractivity contribution in [1.82, 2.24) is 0 Å². The first kappa shape index (κ1) is 11.8. The molecule has 0 atom stereocenters. The van der Waals surface area contributed by atoms with E-state index >= 15 is 0 Å². The van der Waals surface area contributed by atoms with Gasteiger partial charge in [0.1, 0.15) is 0 Å². The maximum Gasteiger partial charge on any atom is 0.0409 e. The van der Waals surface area contributed by atoms with Crippen molar-refractivity contribution in [3.05, 3.63) is 58.6 Å². The third-order valence-corrected chi connectivity index (χ3v) is 2.87. The summed E-state index contributed by atoms with van der Waals surface area (Å²) < 4.78 is 0. The van der Waals surface area contributed by atoms with E-state index in [-0.39, 0.29) is 0 Å². The molecule has 2 rings (SSSR count).